The van der Waals surface area contributed by atoms with E-state index in [9.17, 15) is 4.79 Å². The molecule has 4 nitrogen and oxygen atoms in total. The maximum Gasteiger partial charge on any atom is 0.224 e. The van der Waals surface area contributed by atoms with Crippen molar-refractivity contribution >= 4 is 5.91 Å². The van der Waals surface area contributed by atoms with E-state index in [1.807, 2.05) is 11.0 Å². The summed E-state index contributed by atoms with van der Waals surface area (Å²) in [5.74, 6) is 0.151. The van der Waals surface area contributed by atoms with Crippen LogP contribution in [0.15, 0.2) is 30.3 Å². The highest BCUT2D eigenvalue weighted by Crippen LogP contribution is 2.48. The van der Waals surface area contributed by atoms with Gasteiger partial charge in [0, 0.05) is 32.1 Å². The highest BCUT2D eigenvalue weighted by molar-refractivity contribution is 5.78. The average Bonchev–Trinajstić information content (AvgIpc) is 3.18. The summed E-state index contributed by atoms with van der Waals surface area (Å²) >= 11 is 0. The predicted molar refractivity (Wildman–Crippen MR) is 80.2 cm³/mol. The van der Waals surface area contributed by atoms with E-state index in [0.29, 0.717) is 12.5 Å². The summed E-state index contributed by atoms with van der Waals surface area (Å²) in [6.45, 7) is 2.50. The van der Waals surface area contributed by atoms with Crippen LogP contribution in [0.2, 0.25) is 0 Å². The van der Waals surface area contributed by atoms with Crippen LogP contribution in [0.25, 0.3) is 0 Å². The lowest BCUT2D eigenvalue weighted by molar-refractivity contribution is -0.139. The van der Waals surface area contributed by atoms with Gasteiger partial charge in [0.25, 0.3) is 0 Å². The molecular weight excluding hydrogens is 262 g/mol. The van der Waals surface area contributed by atoms with E-state index in [4.69, 9.17) is 5.26 Å². The van der Waals surface area contributed by atoms with Crippen molar-refractivity contribution in [2.24, 2.45) is 5.41 Å². The van der Waals surface area contributed by atoms with Gasteiger partial charge < -0.3 is 4.90 Å². The second-order valence-corrected chi connectivity index (χ2v) is 6.42. The van der Waals surface area contributed by atoms with Crippen LogP contribution < -0.4 is 0 Å². The zero-order valence-corrected chi connectivity index (χ0v) is 12.5. The van der Waals surface area contributed by atoms with Gasteiger partial charge in [-0.15, -0.1) is 0 Å². The Balaban J connectivity index is 1.45. The van der Waals surface area contributed by atoms with Crippen molar-refractivity contribution < 1.29 is 4.79 Å². The zero-order chi connectivity index (χ0) is 14.9. The highest BCUT2D eigenvalue weighted by atomic mass is 16.2. The number of amides is 1. The first-order valence-corrected chi connectivity index (χ1v) is 7.55. The van der Waals surface area contributed by atoms with Crippen LogP contribution in [0.1, 0.15) is 24.8 Å². The fourth-order valence-electron chi connectivity index (χ4n) is 2.82. The number of hydrogen-bond donors (Lipinski definition) is 0. The van der Waals surface area contributed by atoms with Crippen LogP contribution in [0, 0.1) is 16.7 Å². The van der Waals surface area contributed by atoms with Gasteiger partial charge in [-0.05, 0) is 25.5 Å². The Morgan fingerprint density at radius 1 is 1.38 bits per heavy atom. The first-order valence-electron chi connectivity index (χ1n) is 7.55. The Labute approximate surface area is 126 Å². The van der Waals surface area contributed by atoms with Crippen molar-refractivity contribution in [2.45, 2.75) is 31.8 Å². The second-order valence-electron chi connectivity index (χ2n) is 6.42. The topological polar surface area (TPSA) is 47.3 Å². The molecule has 1 aromatic carbocycles. The standard InChI is InChI=1S/C17H21N3O/c1-19(10-14-5-3-2-4-6-14)15-11-20(12-15)16(21)9-17(13-18)7-8-17/h2-6,15H,7-12H2,1H3. The molecular formula is C17H21N3O. The molecule has 2 aliphatic rings. The lowest BCUT2D eigenvalue weighted by Crippen LogP contribution is -2.60. The number of likely N-dealkylation sites (tertiary alicyclic amines) is 1. The van der Waals surface area contributed by atoms with Crippen LogP contribution in [0.3, 0.4) is 0 Å². The van der Waals surface area contributed by atoms with E-state index in [0.717, 1.165) is 32.5 Å². The molecule has 0 radical (unpaired) electrons. The van der Waals surface area contributed by atoms with Gasteiger partial charge in [0.2, 0.25) is 5.91 Å². The van der Waals surface area contributed by atoms with Gasteiger partial charge in [0.1, 0.15) is 0 Å². The molecule has 110 valence electrons. The monoisotopic (exact) mass is 283 g/mol. The third-order valence-corrected chi connectivity index (χ3v) is 4.69. The smallest absolute Gasteiger partial charge is 0.224 e. The van der Waals surface area contributed by atoms with E-state index < -0.39 is 0 Å². The van der Waals surface area contributed by atoms with Crippen LogP contribution in [-0.2, 0) is 11.3 Å². The molecule has 0 atom stereocenters. The fraction of sp³-hybridized carbons (Fsp3) is 0.529. The molecule has 1 aliphatic carbocycles. The molecule has 4 heteroatoms. The predicted octanol–water partition coefficient (Wildman–Crippen LogP) is 2.02. The molecule has 3 rings (SSSR count). The Kier molecular flexibility index (Phi) is 3.69. The van der Waals surface area contributed by atoms with E-state index in [-0.39, 0.29) is 11.3 Å². The number of carbonyl (C=O) groups is 1. The van der Waals surface area contributed by atoms with Gasteiger partial charge in [-0.2, -0.15) is 5.26 Å². The number of benzene rings is 1. The van der Waals surface area contributed by atoms with Gasteiger partial charge in [-0.1, -0.05) is 30.3 Å². The molecule has 1 aromatic rings. The van der Waals surface area contributed by atoms with E-state index in [1.54, 1.807) is 0 Å². The Bertz CT molecular complexity index is 553. The number of nitrogens with zero attached hydrogens (tertiary/aromatic N) is 3. The first kappa shape index (κ1) is 14.1. The Morgan fingerprint density at radius 3 is 2.62 bits per heavy atom. The first-order chi connectivity index (χ1) is 10.1. The van der Waals surface area contributed by atoms with Gasteiger partial charge in [-0.3, -0.25) is 9.69 Å². The molecule has 0 N–H and O–H groups in total. The van der Waals surface area contributed by atoms with Crippen molar-refractivity contribution in [3.63, 3.8) is 0 Å². The molecule has 1 aliphatic heterocycles. The summed E-state index contributed by atoms with van der Waals surface area (Å²) in [5, 5.41) is 9.05. The van der Waals surface area contributed by atoms with Crippen molar-refractivity contribution in [1.29, 1.82) is 5.26 Å². The third-order valence-electron chi connectivity index (χ3n) is 4.69. The normalized spacial score (nSPS) is 20.0. The molecule has 0 bridgehead atoms. The van der Waals surface area contributed by atoms with Gasteiger partial charge in [-0.25, -0.2) is 0 Å². The summed E-state index contributed by atoms with van der Waals surface area (Å²) in [6, 6.07) is 13.1. The lowest BCUT2D eigenvalue weighted by Gasteiger charge is -2.44. The molecule has 1 saturated heterocycles. The zero-order valence-electron chi connectivity index (χ0n) is 12.5. The van der Waals surface area contributed by atoms with Crippen molar-refractivity contribution in [3.05, 3.63) is 35.9 Å². The van der Waals surface area contributed by atoms with Crippen LogP contribution in [0.5, 0.6) is 0 Å². The summed E-state index contributed by atoms with van der Waals surface area (Å²) in [6.07, 6.45) is 2.19. The highest BCUT2D eigenvalue weighted by Gasteiger charge is 2.47. The summed E-state index contributed by atoms with van der Waals surface area (Å²) in [4.78, 5) is 16.3. The van der Waals surface area contributed by atoms with Crippen molar-refractivity contribution in [2.75, 3.05) is 20.1 Å². The van der Waals surface area contributed by atoms with E-state index in [1.165, 1.54) is 5.56 Å². The molecule has 1 saturated carbocycles. The number of hydrogen-bond acceptors (Lipinski definition) is 3. The number of likely N-dealkylation sites (N-methyl/N-ethyl adjacent to an activating group) is 1. The summed E-state index contributed by atoms with van der Waals surface area (Å²) in [5.41, 5.74) is 0.976. The molecule has 2 fully saturated rings. The molecule has 1 heterocycles. The minimum atomic E-state index is -0.321. The van der Waals surface area contributed by atoms with Crippen LogP contribution >= 0.6 is 0 Å². The van der Waals surface area contributed by atoms with Gasteiger partial charge >= 0.3 is 0 Å². The van der Waals surface area contributed by atoms with Gasteiger partial charge in [0.05, 0.1) is 11.5 Å². The van der Waals surface area contributed by atoms with E-state index in [2.05, 4.69) is 42.3 Å². The lowest BCUT2D eigenvalue weighted by atomic mass is 10.0. The maximum atomic E-state index is 12.1. The maximum absolute atomic E-state index is 12.1. The van der Waals surface area contributed by atoms with Gasteiger partial charge in [0.15, 0.2) is 0 Å². The Morgan fingerprint density at radius 2 is 2.05 bits per heavy atom. The molecule has 21 heavy (non-hydrogen) atoms. The third kappa shape index (κ3) is 3.08. The van der Waals surface area contributed by atoms with Crippen LogP contribution in [0.4, 0.5) is 0 Å². The summed E-state index contributed by atoms with van der Waals surface area (Å²) < 4.78 is 0. The molecule has 1 amide bonds. The minimum Gasteiger partial charge on any atom is -0.339 e. The van der Waals surface area contributed by atoms with E-state index >= 15 is 0 Å². The average molecular weight is 283 g/mol. The quantitative estimate of drug-likeness (QED) is 0.830. The second kappa shape index (κ2) is 5.50. The minimum absolute atomic E-state index is 0.151. The molecule has 0 unspecified atom stereocenters. The number of nitriles is 1. The SMILES string of the molecule is CN(Cc1ccccc1)C1CN(C(=O)CC2(C#N)CC2)C1. The number of rotatable bonds is 5. The Hall–Kier alpha value is -1.86. The molecule has 0 aromatic heterocycles. The summed E-state index contributed by atoms with van der Waals surface area (Å²) in [7, 11) is 2.11. The van der Waals surface area contributed by atoms with Crippen molar-refractivity contribution in [3.8, 4) is 6.07 Å². The van der Waals surface area contributed by atoms with Crippen molar-refractivity contribution in [1.82, 2.24) is 9.80 Å². The fourth-order valence-corrected chi connectivity index (χ4v) is 2.82. The molecule has 0 spiro atoms. The number of carbonyl (C=O) groups excluding carboxylic acids is 1. The largest absolute Gasteiger partial charge is 0.339 e. The van der Waals surface area contributed by atoms with Crippen LogP contribution in [-0.4, -0.2) is 41.9 Å².